The molecule has 0 aromatic rings. The Morgan fingerprint density at radius 1 is 0.800 bits per heavy atom. The zero-order valence-electron chi connectivity index (χ0n) is 14.4. The van der Waals surface area contributed by atoms with E-state index in [0.717, 1.165) is 17.8 Å². The molecule has 1 saturated carbocycles. The van der Waals surface area contributed by atoms with E-state index >= 15 is 0 Å². The van der Waals surface area contributed by atoms with Crippen molar-refractivity contribution in [3.63, 3.8) is 0 Å². The third-order valence-corrected chi connectivity index (χ3v) is 5.21. The molecule has 0 aliphatic heterocycles. The van der Waals surface area contributed by atoms with Gasteiger partial charge in [0.15, 0.2) is 0 Å². The molecular formula is C19H39N. The first-order chi connectivity index (χ1) is 9.81. The van der Waals surface area contributed by atoms with Crippen molar-refractivity contribution >= 4 is 0 Å². The van der Waals surface area contributed by atoms with Crippen LogP contribution in [0.4, 0.5) is 0 Å². The normalized spacial score (nSPS) is 26.9. The van der Waals surface area contributed by atoms with Gasteiger partial charge >= 0.3 is 0 Å². The van der Waals surface area contributed by atoms with Crippen LogP contribution in [0.3, 0.4) is 0 Å². The van der Waals surface area contributed by atoms with E-state index in [1.165, 1.54) is 83.7 Å². The van der Waals surface area contributed by atoms with E-state index in [1.54, 1.807) is 0 Å². The molecule has 0 aromatic heterocycles. The number of hydrogen-bond acceptors (Lipinski definition) is 1. The second-order valence-electron chi connectivity index (χ2n) is 7.04. The first-order valence-corrected chi connectivity index (χ1v) is 9.52. The van der Waals surface area contributed by atoms with Crippen LogP contribution in [-0.2, 0) is 0 Å². The summed E-state index contributed by atoms with van der Waals surface area (Å²) >= 11 is 0. The molecule has 0 bridgehead atoms. The maximum Gasteiger partial charge on any atom is -0.00179 e. The van der Waals surface area contributed by atoms with Crippen molar-refractivity contribution in [2.45, 2.75) is 91.4 Å². The lowest BCUT2D eigenvalue weighted by Gasteiger charge is -2.36. The van der Waals surface area contributed by atoms with E-state index in [4.69, 9.17) is 0 Å². The summed E-state index contributed by atoms with van der Waals surface area (Å²) in [5, 5.41) is 3.68. The zero-order valence-corrected chi connectivity index (χ0v) is 14.4. The largest absolute Gasteiger partial charge is 0.316 e. The zero-order chi connectivity index (χ0) is 14.6. The Balaban J connectivity index is 2.35. The Morgan fingerprint density at radius 2 is 1.65 bits per heavy atom. The van der Waals surface area contributed by atoms with Crippen molar-refractivity contribution in [2.24, 2.45) is 17.8 Å². The molecule has 1 fully saturated rings. The van der Waals surface area contributed by atoms with Crippen molar-refractivity contribution in [2.75, 3.05) is 13.1 Å². The number of hydrogen-bond donors (Lipinski definition) is 1. The van der Waals surface area contributed by atoms with Gasteiger partial charge in [0.05, 0.1) is 0 Å². The van der Waals surface area contributed by atoms with Gasteiger partial charge in [0, 0.05) is 0 Å². The van der Waals surface area contributed by atoms with E-state index < -0.39 is 0 Å². The molecule has 1 heteroatoms. The minimum absolute atomic E-state index is 0.969. The van der Waals surface area contributed by atoms with Gasteiger partial charge in [0.1, 0.15) is 0 Å². The maximum absolute atomic E-state index is 3.68. The minimum atomic E-state index is 0.969. The first-order valence-electron chi connectivity index (χ1n) is 9.52. The standard InChI is InChI=1S/C19H39N/c1-4-7-8-9-11-18-15-17(10-5-2)12-13-19(18)16-20-14-6-3/h17-20H,4-16H2,1-3H3. The SMILES string of the molecule is CCCCCCC1CC(CCC)CCC1CNCCC. The van der Waals surface area contributed by atoms with Gasteiger partial charge < -0.3 is 5.32 Å². The molecule has 20 heavy (non-hydrogen) atoms. The van der Waals surface area contributed by atoms with Crippen LogP contribution >= 0.6 is 0 Å². The molecule has 0 saturated heterocycles. The van der Waals surface area contributed by atoms with E-state index in [0.29, 0.717) is 0 Å². The van der Waals surface area contributed by atoms with Gasteiger partial charge in [-0.15, -0.1) is 0 Å². The molecular weight excluding hydrogens is 242 g/mol. The Labute approximate surface area is 128 Å². The molecule has 1 aliphatic rings. The van der Waals surface area contributed by atoms with Crippen LogP contribution in [-0.4, -0.2) is 13.1 Å². The highest BCUT2D eigenvalue weighted by Gasteiger charge is 2.29. The monoisotopic (exact) mass is 281 g/mol. The lowest BCUT2D eigenvalue weighted by Crippen LogP contribution is -2.33. The smallest absolute Gasteiger partial charge is 0.00179 e. The molecule has 0 heterocycles. The lowest BCUT2D eigenvalue weighted by molar-refractivity contribution is 0.156. The highest BCUT2D eigenvalue weighted by atomic mass is 14.9. The summed E-state index contributed by atoms with van der Waals surface area (Å²) in [7, 11) is 0. The third-order valence-electron chi connectivity index (χ3n) is 5.21. The van der Waals surface area contributed by atoms with Crippen molar-refractivity contribution < 1.29 is 0 Å². The van der Waals surface area contributed by atoms with Crippen LogP contribution in [0.1, 0.15) is 91.4 Å². The summed E-state index contributed by atoms with van der Waals surface area (Å²) in [6.07, 6.45) is 15.9. The number of rotatable bonds is 11. The molecule has 1 nitrogen and oxygen atoms in total. The molecule has 120 valence electrons. The topological polar surface area (TPSA) is 12.0 Å². The first kappa shape index (κ1) is 18.0. The van der Waals surface area contributed by atoms with Crippen molar-refractivity contribution in [3.05, 3.63) is 0 Å². The van der Waals surface area contributed by atoms with E-state index in [2.05, 4.69) is 26.1 Å². The highest BCUT2D eigenvalue weighted by Crippen LogP contribution is 2.38. The molecule has 1 N–H and O–H groups in total. The highest BCUT2D eigenvalue weighted by molar-refractivity contribution is 4.81. The summed E-state index contributed by atoms with van der Waals surface area (Å²) in [5.41, 5.74) is 0. The van der Waals surface area contributed by atoms with Crippen LogP contribution in [0.25, 0.3) is 0 Å². The fourth-order valence-electron chi connectivity index (χ4n) is 4.01. The minimum Gasteiger partial charge on any atom is -0.316 e. The van der Waals surface area contributed by atoms with E-state index in [1.807, 2.05) is 0 Å². The van der Waals surface area contributed by atoms with Crippen LogP contribution in [0.5, 0.6) is 0 Å². The van der Waals surface area contributed by atoms with Gasteiger partial charge in [-0.2, -0.15) is 0 Å². The summed E-state index contributed by atoms with van der Waals surface area (Å²) in [6.45, 7) is 9.43. The van der Waals surface area contributed by atoms with Crippen molar-refractivity contribution in [1.29, 1.82) is 0 Å². The Bertz CT molecular complexity index is 214. The molecule has 0 aromatic carbocycles. The predicted octanol–water partition coefficient (Wildman–Crippen LogP) is 5.79. The Morgan fingerprint density at radius 3 is 2.35 bits per heavy atom. The molecule has 1 rings (SSSR count). The maximum atomic E-state index is 3.68. The molecule has 1 aliphatic carbocycles. The fourth-order valence-corrected chi connectivity index (χ4v) is 4.01. The van der Waals surface area contributed by atoms with Crippen LogP contribution in [0, 0.1) is 17.8 Å². The Hall–Kier alpha value is -0.0400. The Kier molecular flexibility index (Phi) is 10.4. The molecule has 0 spiro atoms. The third kappa shape index (κ3) is 7.11. The van der Waals surface area contributed by atoms with E-state index in [9.17, 15) is 0 Å². The van der Waals surface area contributed by atoms with Gasteiger partial charge in [0.25, 0.3) is 0 Å². The van der Waals surface area contributed by atoms with Gasteiger partial charge in [-0.25, -0.2) is 0 Å². The second kappa shape index (κ2) is 11.6. The summed E-state index contributed by atoms with van der Waals surface area (Å²) in [4.78, 5) is 0. The summed E-state index contributed by atoms with van der Waals surface area (Å²) in [5.74, 6) is 3.02. The van der Waals surface area contributed by atoms with Crippen LogP contribution in [0.2, 0.25) is 0 Å². The molecule has 3 atom stereocenters. The van der Waals surface area contributed by atoms with Crippen molar-refractivity contribution in [3.8, 4) is 0 Å². The average molecular weight is 282 g/mol. The molecule has 3 unspecified atom stereocenters. The predicted molar refractivity (Wildman–Crippen MR) is 91.1 cm³/mol. The van der Waals surface area contributed by atoms with Gasteiger partial charge in [0.2, 0.25) is 0 Å². The summed E-state index contributed by atoms with van der Waals surface area (Å²) < 4.78 is 0. The number of nitrogens with one attached hydrogen (secondary N) is 1. The molecule has 0 radical (unpaired) electrons. The molecule has 0 amide bonds. The van der Waals surface area contributed by atoms with Crippen molar-refractivity contribution in [1.82, 2.24) is 5.32 Å². The quantitative estimate of drug-likeness (QED) is 0.473. The lowest BCUT2D eigenvalue weighted by atomic mass is 9.71. The second-order valence-corrected chi connectivity index (χ2v) is 7.04. The summed E-state index contributed by atoms with van der Waals surface area (Å²) in [6, 6.07) is 0. The fraction of sp³-hybridized carbons (Fsp3) is 1.00. The van der Waals surface area contributed by atoms with Gasteiger partial charge in [-0.3, -0.25) is 0 Å². The van der Waals surface area contributed by atoms with Crippen LogP contribution in [0.15, 0.2) is 0 Å². The van der Waals surface area contributed by atoms with Crippen LogP contribution < -0.4 is 5.32 Å². The average Bonchev–Trinajstić information content (AvgIpc) is 2.46. The van der Waals surface area contributed by atoms with E-state index in [-0.39, 0.29) is 0 Å². The van der Waals surface area contributed by atoms with Gasteiger partial charge in [-0.05, 0) is 50.1 Å². The number of unbranched alkanes of at least 4 members (excludes halogenated alkanes) is 3. The van der Waals surface area contributed by atoms with Gasteiger partial charge in [-0.1, -0.05) is 72.1 Å².